The third-order valence-electron chi connectivity index (χ3n) is 6.44. The van der Waals surface area contributed by atoms with Crippen LogP contribution in [0.15, 0.2) is 47.4 Å². The number of nitrogens with zero attached hydrogens (tertiary/aromatic N) is 3. The maximum Gasteiger partial charge on any atom is 0.243 e. The SMILES string of the molecule is CCc1ccc(S(=O)(=O)N2CC[C@]3(CCCN(Cc4cccc(C)n4)C3)C2)cc1. The van der Waals surface area contributed by atoms with Crippen molar-refractivity contribution in [3.05, 3.63) is 59.4 Å². The number of hydrogen-bond acceptors (Lipinski definition) is 4. The van der Waals surface area contributed by atoms with E-state index in [1.807, 2.05) is 25.1 Å². The molecular weight excluding hydrogens is 382 g/mol. The van der Waals surface area contributed by atoms with E-state index < -0.39 is 10.0 Å². The monoisotopic (exact) mass is 413 g/mol. The highest BCUT2D eigenvalue weighted by molar-refractivity contribution is 7.89. The third-order valence-corrected chi connectivity index (χ3v) is 8.30. The molecule has 2 aliphatic heterocycles. The normalized spacial score (nSPS) is 23.7. The average Bonchev–Trinajstić information content (AvgIpc) is 3.12. The van der Waals surface area contributed by atoms with E-state index in [9.17, 15) is 8.42 Å². The topological polar surface area (TPSA) is 53.5 Å². The van der Waals surface area contributed by atoms with E-state index >= 15 is 0 Å². The van der Waals surface area contributed by atoms with Crippen LogP contribution < -0.4 is 0 Å². The van der Waals surface area contributed by atoms with Gasteiger partial charge < -0.3 is 0 Å². The summed E-state index contributed by atoms with van der Waals surface area (Å²) in [6.07, 6.45) is 4.08. The lowest BCUT2D eigenvalue weighted by molar-refractivity contribution is 0.0925. The fraction of sp³-hybridized carbons (Fsp3) is 0.522. The second kappa shape index (κ2) is 8.17. The van der Waals surface area contributed by atoms with Crippen LogP contribution >= 0.6 is 0 Å². The first-order valence-corrected chi connectivity index (χ1v) is 12.1. The first-order valence-electron chi connectivity index (χ1n) is 10.6. The Kier molecular flexibility index (Phi) is 5.78. The van der Waals surface area contributed by atoms with Crippen LogP contribution in [0.1, 0.15) is 43.1 Å². The number of pyridine rings is 1. The van der Waals surface area contributed by atoms with Gasteiger partial charge in [0.2, 0.25) is 10.0 Å². The lowest BCUT2D eigenvalue weighted by Gasteiger charge is -2.40. The molecule has 3 heterocycles. The van der Waals surface area contributed by atoms with Gasteiger partial charge in [0.05, 0.1) is 10.6 Å². The summed E-state index contributed by atoms with van der Waals surface area (Å²) in [6, 6.07) is 13.5. The zero-order valence-electron chi connectivity index (χ0n) is 17.5. The lowest BCUT2D eigenvalue weighted by atomic mass is 9.79. The molecule has 0 N–H and O–H groups in total. The molecule has 1 atom stereocenters. The number of rotatable bonds is 5. The van der Waals surface area contributed by atoms with Gasteiger partial charge in [0.15, 0.2) is 0 Å². The summed E-state index contributed by atoms with van der Waals surface area (Å²) in [7, 11) is -3.42. The van der Waals surface area contributed by atoms with E-state index in [1.165, 1.54) is 0 Å². The summed E-state index contributed by atoms with van der Waals surface area (Å²) in [5.74, 6) is 0. The molecule has 4 rings (SSSR count). The highest BCUT2D eigenvalue weighted by atomic mass is 32.2. The third kappa shape index (κ3) is 4.39. The fourth-order valence-electron chi connectivity index (χ4n) is 4.84. The first-order chi connectivity index (χ1) is 13.9. The highest BCUT2D eigenvalue weighted by Crippen LogP contribution is 2.41. The van der Waals surface area contributed by atoms with Crippen LogP contribution in [0.3, 0.4) is 0 Å². The largest absolute Gasteiger partial charge is 0.297 e. The minimum absolute atomic E-state index is 0.0680. The molecule has 29 heavy (non-hydrogen) atoms. The van der Waals surface area contributed by atoms with Gasteiger partial charge in [-0.3, -0.25) is 9.88 Å². The molecule has 6 heteroatoms. The zero-order valence-corrected chi connectivity index (χ0v) is 18.3. The summed E-state index contributed by atoms with van der Waals surface area (Å²) in [5, 5.41) is 0. The second-order valence-corrected chi connectivity index (χ2v) is 10.6. The Morgan fingerprint density at radius 3 is 2.55 bits per heavy atom. The van der Waals surface area contributed by atoms with Crippen LogP contribution in [-0.4, -0.2) is 48.8 Å². The summed E-state index contributed by atoms with van der Waals surface area (Å²) < 4.78 is 28.1. The van der Waals surface area contributed by atoms with Crippen molar-refractivity contribution in [1.29, 1.82) is 0 Å². The van der Waals surface area contributed by atoms with Gasteiger partial charge in [0, 0.05) is 31.9 Å². The van der Waals surface area contributed by atoms with E-state index in [0.717, 1.165) is 62.3 Å². The Bertz CT molecular complexity index is 958. The van der Waals surface area contributed by atoms with E-state index in [2.05, 4.69) is 28.9 Å². The minimum atomic E-state index is -3.42. The number of aryl methyl sites for hydroxylation is 2. The number of likely N-dealkylation sites (tertiary alicyclic amines) is 1. The maximum absolute atomic E-state index is 13.2. The Hall–Kier alpha value is -1.76. The smallest absolute Gasteiger partial charge is 0.243 e. The molecule has 0 bridgehead atoms. The highest BCUT2D eigenvalue weighted by Gasteiger charge is 2.45. The molecule has 5 nitrogen and oxygen atoms in total. The molecule has 0 amide bonds. The lowest BCUT2D eigenvalue weighted by Crippen LogP contribution is -2.45. The van der Waals surface area contributed by atoms with Crippen molar-refractivity contribution in [2.24, 2.45) is 5.41 Å². The Morgan fingerprint density at radius 2 is 1.83 bits per heavy atom. The van der Waals surface area contributed by atoms with Crippen molar-refractivity contribution >= 4 is 10.0 Å². The predicted octanol–water partition coefficient (Wildman–Crippen LogP) is 3.63. The van der Waals surface area contributed by atoms with Gasteiger partial charge in [0.25, 0.3) is 0 Å². The van der Waals surface area contributed by atoms with Gasteiger partial charge >= 0.3 is 0 Å². The van der Waals surface area contributed by atoms with Crippen LogP contribution in [0.25, 0.3) is 0 Å². The van der Waals surface area contributed by atoms with Crippen molar-refractivity contribution < 1.29 is 8.42 Å². The fourth-order valence-corrected chi connectivity index (χ4v) is 6.39. The molecule has 2 fully saturated rings. The molecule has 1 spiro atoms. The quantitative estimate of drug-likeness (QED) is 0.751. The minimum Gasteiger partial charge on any atom is -0.297 e. The van der Waals surface area contributed by atoms with Crippen molar-refractivity contribution in [2.75, 3.05) is 26.2 Å². The summed E-state index contributed by atoms with van der Waals surface area (Å²) in [4.78, 5) is 7.52. The summed E-state index contributed by atoms with van der Waals surface area (Å²) in [6.45, 7) is 8.19. The summed E-state index contributed by atoms with van der Waals surface area (Å²) in [5.41, 5.74) is 3.37. The molecule has 0 aliphatic carbocycles. The van der Waals surface area contributed by atoms with Crippen molar-refractivity contribution in [1.82, 2.24) is 14.2 Å². The van der Waals surface area contributed by atoms with E-state index in [-0.39, 0.29) is 5.41 Å². The first kappa shape index (κ1) is 20.5. The molecule has 2 saturated heterocycles. The standard InChI is InChI=1S/C23H31N3O2S/c1-3-20-8-10-22(11-9-20)29(27,28)26-15-13-23(18-26)12-5-14-25(17-23)16-21-7-4-6-19(2)24-21/h4,6-11H,3,5,12-18H2,1-2H3/t23-/m0/s1. The summed E-state index contributed by atoms with van der Waals surface area (Å²) >= 11 is 0. The number of hydrogen-bond donors (Lipinski definition) is 0. The molecule has 156 valence electrons. The van der Waals surface area contributed by atoms with Gasteiger partial charge in [-0.2, -0.15) is 4.31 Å². The van der Waals surface area contributed by atoms with E-state index in [0.29, 0.717) is 18.0 Å². The molecular formula is C23H31N3O2S. The Balaban J connectivity index is 1.45. The molecule has 2 aromatic rings. The van der Waals surface area contributed by atoms with Crippen LogP contribution in [0, 0.1) is 12.3 Å². The molecule has 2 aliphatic rings. The van der Waals surface area contributed by atoms with Gasteiger partial charge in [-0.05, 0) is 74.4 Å². The van der Waals surface area contributed by atoms with Crippen LogP contribution in [0.5, 0.6) is 0 Å². The second-order valence-electron chi connectivity index (χ2n) is 8.67. The molecule has 0 radical (unpaired) electrons. The van der Waals surface area contributed by atoms with Crippen molar-refractivity contribution in [3.8, 4) is 0 Å². The number of aromatic nitrogens is 1. The molecule has 0 unspecified atom stereocenters. The number of piperidine rings is 1. The number of benzene rings is 1. The van der Waals surface area contributed by atoms with Crippen LogP contribution in [-0.2, 0) is 23.0 Å². The van der Waals surface area contributed by atoms with Gasteiger partial charge in [-0.15, -0.1) is 0 Å². The molecule has 0 saturated carbocycles. The van der Waals surface area contributed by atoms with Gasteiger partial charge in [-0.25, -0.2) is 8.42 Å². The van der Waals surface area contributed by atoms with E-state index in [1.54, 1.807) is 16.4 Å². The Morgan fingerprint density at radius 1 is 1.03 bits per heavy atom. The zero-order chi connectivity index (χ0) is 20.5. The molecule has 1 aromatic carbocycles. The van der Waals surface area contributed by atoms with Crippen molar-refractivity contribution in [3.63, 3.8) is 0 Å². The average molecular weight is 414 g/mol. The predicted molar refractivity (Wildman–Crippen MR) is 115 cm³/mol. The van der Waals surface area contributed by atoms with Crippen LogP contribution in [0.2, 0.25) is 0 Å². The van der Waals surface area contributed by atoms with Gasteiger partial charge in [-0.1, -0.05) is 25.1 Å². The number of sulfonamides is 1. The maximum atomic E-state index is 13.2. The van der Waals surface area contributed by atoms with Crippen LogP contribution in [0.4, 0.5) is 0 Å². The van der Waals surface area contributed by atoms with E-state index in [4.69, 9.17) is 0 Å². The van der Waals surface area contributed by atoms with Crippen molar-refractivity contribution in [2.45, 2.75) is 51.0 Å². The van der Waals surface area contributed by atoms with Gasteiger partial charge in [0.1, 0.15) is 0 Å². The molecule has 1 aromatic heterocycles. The Labute approximate surface area is 174 Å².